The van der Waals surface area contributed by atoms with E-state index in [0.29, 0.717) is 17.7 Å². The maximum Gasteiger partial charge on any atom is 0.323 e. The summed E-state index contributed by atoms with van der Waals surface area (Å²) in [6.07, 6.45) is 3.08. The second-order valence-electron chi connectivity index (χ2n) is 7.02. The van der Waals surface area contributed by atoms with Gasteiger partial charge in [0.1, 0.15) is 0 Å². The number of rotatable bonds is 3. The first-order chi connectivity index (χ1) is 11.8. The van der Waals surface area contributed by atoms with Crippen molar-refractivity contribution in [1.82, 2.24) is 10.2 Å². The Hall–Kier alpha value is -1.95. The van der Waals surface area contributed by atoms with Gasteiger partial charge in [-0.25, -0.2) is 9.79 Å². The van der Waals surface area contributed by atoms with Crippen molar-refractivity contribution < 1.29 is 4.79 Å². The molecule has 0 bridgehead atoms. The lowest BCUT2D eigenvalue weighted by molar-refractivity contribution is 0.175. The molecule has 0 radical (unpaired) electrons. The first-order valence-electron chi connectivity index (χ1n) is 8.84. The van der Waals surface area contributed by atoms with Crippen LogP contribution in [0.4, 0.5) is 4.79 Å². The molecule has 6 heteroatoms. The summed E-state index contributed by atoms with van der Waals surface area (Å²) < 4.78 is 0. The summed E-state index contributed by atoms with van der Waals surface area (Å²) in [7, 11) is 0. The normalized spacial score (nSPS) is 16.2. The van der Waals surface area contributed by atoms with Crippen molar-refractivity contribution in [1.29, 1.82) is 0 Å². The molecule has 1 aromatic carbocycles. The van der Waals surface area contributed by atoms with Gasteiger partial charge in [-0.15, -0.1) is 0 Å². The van der Waals surface area contributed by atoms with E-state index in [-0.39, 0.29) is 11.1 Å². The van der Waals surface area contributed by atoms with Crippen molar-refractivity contribution >= 4 is 29.2 Å². The number of hydrogen-bond acceptors (Lipinski definition) is 2. The molecule has 1 aliphatic rings. The van der Waals surface area contributed by atoms with Crippen LogP contribution in [0, 0.1) is 5.92 Å². The quantitative estimate of drug-likeness (QED) is 0.493. The molecular formula is C19H28N4OS. The van der Waals surface area contributed by atoms with Crippen LogP contribution in [0.5, 0.6) is 0 Å². The molecule has 2 rings (SSSR count). The number of nitrogens with one attached hydrogen (secondary N) is 1. The third kappa shape index (κ3) is 6.12. The van der Waals surface area contributed by atoms with Gasteiger partial charge in [-0.1, -0.05) is 38.1 Å². The standard InChI is InChI=1S/C19H28N4OS/c1-13(2)17-6-4-15(5-7-17)12-16-8-10-23(11-9-16)19(24)22-18(25)21-14(3)20/h4-7,13,16H,8-12H2,1-3H3,(H3,20,21,22,24,25). The lowest BCUT2D eigenvalue weighted by Crippen LogP contribution is -2.46. The predicted octanol–water partition coefficient (Wildman–Crippen LogP) is 3.44. The highest BCUT2D eigenvalue weighted by Gasteiger charge is 2.23. The Balaban J connectivity index is 1.80. The van der Waals surface area contributed by atoms with Crippen LogP contribution in [0.15, 0.2) is 29.3 Å². The second-order valence-corrected chi connectivity index (χ2v) is 7.41. The third-order valence-electron chi connectivity index (χ3n) is 4.56. The molecule has 0 atom stereocenters. The highest BCUT2D eigenvalue weighted by molar-refractivity contribution is 7.80. The summed E-state index contributed by atoms with van der Waals surface area (Å²) in [5, 5.41) is 2.74. The van der Waals surface area contributed by atoms with E-state index in [2.05, 4.69) is 48.4 Å². The Labute approximate surface area is 155 Å². The third-order valence-corrected chi connectivity index (χ3v) is 4.76. The smallest absolute Gasteiger partial charge is 0.323 e. The molecule has 136 valence electrons. The number of amides is 2. The molecule has 25 heavy (non-hydrogen) atoms. The molecule has 2 amide bonds. The number of carbonyl (C=O) groups excluding carboxylic acids is 1. The van der Waals surface area contributed by atoms with E-state index >= 15 is 0 Å². The van der Waals surface area contributed by atoms with Gasteiger partial charge >= 0.3 is 6.03 Å². The summed E-state index contributed by atoms with van der Waals surface area (Å²) in [6.45, 7) is 7.55. The minimum Gasteiger partial charge on any atom is -0.387 e. The molecule has 0 aromatic heterocycles. The summed E-state index contributed by atoms with van der Waals surface area (Å²) in [6, 6.07) is 8.74. The SMILES string of the molecule is C/C(N)=N/C(=S)NC(=O)N1CCC(Cc2ccc(C(C)C)cc2)CC1. The van der Waals surface area contributed by atoms with Gasteiger partial charge in [0.05, 0.1) is 5.84 Å². The van der Waals surface area contributed by atoms with Crippen molar-refractivity contribution in [3.63, 3.8) is 0 Å². The van der Waals surface area contributed by atoms with Crippen LogP contribution >= 0.6 is 12.2 Å². The highest BCUT2D eigenvalue weighted by atomic mass is 32.1. The predicted molar refractivity (Wildman–Crippen MR) is 107 cm³/mol. The number of likely N-dealkylation sites (tertiary alicyclic amines) is 1. The van der Waals surface area contributed by atoms with Gasteiger partial charge in [0.25, 0.3) is 0 Å². The maximum absolute atomic E-state index is 12.2. The van der Waals surface area contributed by atoms with Gasteiger partial charge in [0.15, 0.2) is 0 Å². The Morgan fingerprint density at radius 2 is 1.92 bits per heavy atom. The molecule has 0 aliphatic carbocycles. The summed E-state index contributed by atoms with van der Waals surface area (Å²) in [4.78, 5) is 17.8. The molecule has 3 N–H and O–H groups in total. The van der Waals surface area contributed by atoms with Crippen molar-refractivity contribution in [2.24, 2.45) is 16.6 Å². The fourth-order valence-electron chi connectivity index (χ4n) is 3.07. The lowest BCUT2D eigenvalue weighted by Gasteiger charge is -2.32. The molecule has 1 saturated heterocycles. The summed E-state index contributed by atoms with van der Waals surface area (Å²) >= 11 is 4.99. The van der Waals surface area contributed by atoms with Crippen LogP contribution < -0.4 is 11.1 Å². The molecule has 5 nitrogen and oxygen atoms in total. The molecule has 1 aromatic rings. The number of benzene rings is 1. The van der Waals surface area contributed by atoms with Gasteiger partial charge in [-0.05, 0) is 61.4 Å². The Morgan fingerprint density at radius 1 is 1.32 bits per heavy atom. The van der Waals surface area contributed by atoms with E-state index < -0.39 is 0 Å². The van der Waals surface area contributed by atoms with Crippen LogP contribution in [0.1, 0.15) is 50.7 Å². The van der Waals surface area contributed by atoms with E-state index in [4.69, 9.17) is 18.0 Å². The molecule has 1 heterocycles. The zero-order valence-corrected chi connectivity index (χ0v) is 16.1. The van der Waals surface area contributed by atoms with Gasteiger partial charge < -0.3 is 10.6 Å². The molecular weight excluding hydrogens is 332 g/mol. The van der Waals surface area contributed by atoms with Gasteiger partial charge in [-0.3, -0.25) is 5.32 Å². The van der Waals surface area contributed by atoms with E-state index in [0.717, 1.165) is 32.4 Å². The van der Waals surface area contributed by atoms with Gasteiger partial charge in [0, 0.05) is 13.1 Å². The number of amidine groups is 1. The Bertz CT molecular complexity index is 627. The van der Waals surface area contributed by atoms with Crippen LogP contribution in [-0.4, -0.2) is 35.0 Å². The first-order valence-corrected chi connectivity index (χ1v) is 9.25. The van der Waals surface area contributed by atoms with Crippen LogP contribution in [-0.2, 0) is 6.42 Å². The number of hydrogen-bond donors (Lipinski definition) is 2. The largest absolute Gasteiger partial charge is 0.387 e. The van der Waals surface area contributed by atoms with Crippen LogP contribution in [0.2, 0.25) is 0 Å². The van der Waals surface area contributed by atoms with E-state index in [9.17, 15) is 4.79 Å². The van der Waals surface area contributed by atoms with Crippen LogP contribution in [0.3, 0.4) is 0 Å². The zero-order chi connectivity index (χ0) is 18.4. The summed E-state index contributed by atoms with van der Waals surface area (Å²) in [5.74, 6) is 1.52. The van der Waals surface area contributed by atoms with Crippen molar-refractivity contribution in [3.05, 3.63) is 35.4 Å². The minimum absolute atomic E-state index is 0.123. The number of nitrogens with two attached hydrogens (primary N) is 1. The van der Waals surface area contributed by atoms with E-state index in [1.807, 2.05) is 0 Å². The number of carbonyl (C=O) groups is 1. The van der Waals surface area contributed by atoms with Crippen molar-refractivity contribution in [2.75, 3.05) is 13.1 Å². The number of urea groups is 1. The lowest BCUT2D eigenvalue weighted by atomic mass is 9.89. The Morgan fingerprint density at radius 3 is 2.44 bits per heavy atom. The Kier molecular flexibility index (Phi) is 6.93. The molecule has 0 unspecified atom stereocenters. The van der Waals surface area contributed by atoms with E-state index in [1.54, 1.807) is 11.8 Å². The average molecular weight is 361 g/mol. The van der Waals surface area contributed by atoms with Crippen LogP contribution in [0.25, 0.3) is 0 Å². The maximum atomic E-state index is 12.2. The second kappa shape index (κ2) is 8.94. The van der Waals surface area contributed by atoms with Crippen molar-refractivity contribution in [2.45, 2.75) is 46.0 Å². The van der Waals surface area contributed by atoms with Gasteiger partial charge in [0.2, 0.25) is 5.11 Å². The fourth-order valence-corrected chi connectivity index (χ4v) is 3.30. The first kappa shape index (κ1) is 19.4. The monoisotopic (exact) mass is 360 g/mol. The number of piperidine rings is 1. The molecule has 1 fully saturated rings. The molecule has 0 spiro atoms. The number of nitrogens with zero attached hydrogens (tertiary/aromatic N) is 2. The number of aliphatic imine (C=N–C) groups is 1. The zero-order valence-electron chi connectivity index (χ0n) is 15.3. The number of thiocarbonyl (C=S) groups is 1. The molecule has 0 saturated carbocycles. The topological polar surface area (TPSA) is 70.7 Å². The average Bonchev–Trinajstić information content (AvgIpc) is 2.55. The molecule has 1 aliphatic heterocycles. The summed E-state index contributed by atoms with van der Waals surface area (Å²) in [5.41, 5.74) is 8.21. The highest BCUT2D eigenvalue weighted by Crippen LogP contribution is 2.23. The van der Waals surface area contributed by atoms with Crippen molar-refractivity contribution in [3.8, 4) is 0 Å². The minimum atomic E-state index is -0.185. The van der Waals surface area contributed by atoms with Gasteiger partial charge in [-0.2, -0.15) is 0 Å². The van der Waals surface area contributed by atoms with E-state index in [1.165, 1.54) is 11.1 Å². The fraction of sp³-hybridized carbons (Fsp3) is 0.526.